The van der Waals surface area contributed by atoms with Gasteiger partial charge in [-0.25, -0.2) is 9.37 Å². The van der Waals surface area contributed by atoms with E-state index in [1.807, 2.05) is 29.8 Å². The molecule has 7 heteroatoms. The van der Waals surface area contributed by atoms with E-state index >= 15 is 4.39 Å². The number of nitrogens with zero attached hydrogens (tertiary/aromatic N) is 1. The van der Waals surface area contributed by atoms with Crippen LogP contribution in [0.2, 0.25) is 0 Å². The van der Waals surface area contributed by atoms with Crippen LogP contribution in [0.15, 0.2) is 54.0 Å². The number of thiazole rings is 1. The Labute approximate surface area is 218 Å². The molecule has 2 heterocycles. The molecule has 0 fully saturated rings. The SMILES string of the molecule is Cc1cc(-c2nccs2)cc(C)c1-c1ccc(F)c2c1CC[C@H]2Oc1ccc2c(c1)OC[C@H]2CC(=O)O. The van der Waals surface area contributed by atoms with Crippen LogP contribution in [0.4, 0.5) is 4.39 Å². The van der Waals surface area contributed by atoms with Gasteiger partial charge in [-0.3, -0.25) is 4.79 Å². The highest BCUT2D eigenvalue weighted by atomic mass is 32.1. The average molecular weight is 516 g/mol. The van der Waals surface area contributed by atoms with Gasteiger partial charge in [0.1, 0.15) is 28.4 Å². The number of fused-ring (bicyclic) bond motifs is 2. The zero-order chi connectivity index (χ0) is 25.7. The normalized spacial score (nSPS) is 17.8. The fourth-order valence-electron chi connectivity index (χ4n) is 5.78. The number of rotatable bonds is 6. The van der Waals surface area contributed by atoms with Gasteiger partial charge in [0.2, 0.25) is 0 Å². The molecule has 4 aromatic rings. The van der Waals surface area contributed by atoms with E-state index in [1.165, 1.54) is 0 Å². The molecule has 3 aromatic carbocycles. The Bertz CT molecular complexity index is 1490. The molecule has 2 atom stereocenters. The number of halogens is 1. The van der Waals surface area contributed by atoms with Crippen molar-refractivity contribution in [3.8, 4) is 33.2 Å². The summed E-state index contributed by atoms with van der Waals surface area (Å²) in [5, 5.41) is 12.1. The van der Waals surface area contributed by atoms with Gasteiger partial charge in [0.15, 0.2) is 0 Å². The first-order chi connectivity index (χ1) is 17.9. The molecule has 37 heavy (non-hydrogen) atoms. The summed E-state index contributed by atoms with van der Waals surface area (Å²) < 4.78 is 27.2. The fraction of sp³-hybridized carbons (Fsp3) is 0.267. The first kappa shape index (κ1) is 23.7. The van der Waals surface area contributed by atoms with Gasteiger partial charge in [0.05, 0.1) is 13.0 Å². The third-order valence-electron chi connectivity index (χ3n) is 7.33. The van der Waals surface area contributed by atoms with E-state index in [4.69, 9.17) is 14.6 Å². The molecule has 1 aliphatic carbocycles. The van der Waals surface area contributed by atoms with Gasteiger partial charge in [-0.05, 0) is 78.8 Å². The Morgan fingerprint density at radius 1 is 1.19 bits per heavy atom. The summed E-state index contributed by atoms with van der Waals surface area (Å²) in [5.74, 6) is -0.0312. The topological polar surface area (TPSA) is 68.7 Å². The lowest BCUT2D eigenvalue weighted by molar-refractivity contribution is -0.137. The van der Waals surface area contributed by atoms with Gasteiger partial charge >= 0.3 is 5.97 Å². The number of aryl methyl sites for hydroxylation is 2. The van der Waals surface area contributed by atoms with E-state index in [-0.39, 0.29) is 18.2 Å². The molecule has 0 saturated carbocycles. The summed E-state index contributed by atoms with van der Waals surface area (Å²) in [6.45, 7) is 4.54. The number of aliphatic carboxylic acids is 1. The zero-order valence-corrected chi connectivity index (χ0v) is 21.4. The van der Waals surface area contributed by atoms with Crippen LogP contribution < -0.4 is 9.47 Å². The summed E-state index contributed by atoms with van der Waals surface area (Å²) in [4.78, 5) is 15.6. The Kier molecular flexibility index (Phi) is 5.95. The third kappa shape index (κ3) is 4.27. The van der Waals surface area contributed by atoms with Crippen molar-refractivity contribution in [2.45, 2.75) is 45.1 Å². The van der Waals surface area contributed by atoms with E-state index in [0.717, 1.165) is 50.4 Å². The van der Waals surface area contributed by atoms with Crippen LogP contribution in [0, 0.1) is 19.7 Å². The molecule has 0 bridgehead atoms. The molecule has 1 aliphatic heterocycles. The van der Waals surface area contributed by atoms with Crippen LogP contribution >= 0.6 is 11.3 Å². The minimum Gasteiger partial charge on any atom is -0.492 e. The quantitative estimate of drug-likeness (QED) is 0.293. The number of ether oxygens (including phenoxy) is 2. The molecule has 0 saturated heterocycles. The number of hydrogen-bond acceptors (Lipinski definition) is 5. The number of carbonyl (C=O) groups is 1. The van der Waals surface area contributed by atoms with Crippen molar-refractivity contribution < 1.29 is 23.8 Å². The monoisotopic (exact) mass is 515 g/mol. The average Bonchev–Trinajstić information content (AvgIpc) is 3.61. The Balaban J connectivity index is 1.31. The molecule has 0 amide bonds. The smallest absolute Gasteiger partial charge is 0.304 e. The lowest BCUT2D eigenvalue weighted by Crippen LogP contribution is -2.07. The van der Waals surface area contributed by atoms with Crippen molar-refractivity contribution in [2.75, 3.05) is 6.61 Å². The highest BCUT2D eigenvalue weighted by Crippen LogP contribution is 2.45. The molecule has 1 aromatic heterocycles. The zero-order valence-electron chi connectivity index (χ0n) is 20.6. The lowest BCUT2D eigenvalue weighted by atomic mass is 9.89. The molecule has 0 unspecified atom stereocenters. The van der Waals surface area contributed by atoms with Crippen LogP contribution in [0.25, 0.3) is 21.7 Å². The van der Waals surface area contributed by atoms with Gasteiger partial charge < -0.3 is 14.6 Å². The highest BCUT2D eigenvalue weighted by molar-refractivity contribution is 7.13. The largest absolute Gasteiger partial charge is 0.492 e. The summed E-state index contributed by atoms with van der Waals surface area (Å²) in [6, 6.07) is 13.2. The Hall–Kier alpha value is -3.71. The summed E-state index contributed by atoms with van der Waals surface area (Å²) in [7, 11) is 0. The van der Waals surface area contributed by atoms with Crippen LogP contribution in [0.5, 0.6) is 11.5 Å². The first-order valence-electron chi connectivity index (χ1n) is 12.4. The van der Waals surface area contributed by atoms with Gasteiger partial charge in [0, 0.05) is 40.3 Å². The maximum atomic E-state index is 15.2. The van der Waals surface area contributed by atoms with Gasteiger partial charge in [-0.1, -0.05) is 12.1 Å². The molecule has 188 valence electrons. The van der Waals surface area contributed by atoms with Crippen LogP contribution in [-0.2, 0) is 11.2 Å². The predicted molar refractivity (Wildman–Crippen MR) is 141 cm³/mol. The van der Waals surface area contributed by atoms with Crippen molar-refractivity contribution in [3.63, 3.8) is 0 Å². The van der Waals surface area contributed by atoms with Gasteiger partial charge in [-0.15, -0.1) is 11.3 Å². The summed E-state index contributed by atoms with van der Waals surface area (Å²) in [5.41, 5.74) is 8.04. The second-order valence-electron chi connectivity index (χ2n) is 9.76. The van der Waals surface area contributed by atoms with Crippen molar-refractivity contribution >= 4 is 17.3 Å². The van der Waals surface area contributed by atoms with E-state index in [0.29, 0.717) is 30.1 Å². The van der Waals surface area contributed by atoms with Crippen molar-refractivity contribution in [1.29, 1.82) is 0 Å². The minimum absolute atomic E-state index is 0.0286. The van der Waals surface area contributed by atoms with Crippen LogP contribution in [0.1, 0.15) is 52.7 Å². The number of aromatic nitrogens is 1. The number of carboxylic acids is 1. The second kappa shape index (κ2) is 9.30. The fourth-order valence-corrected chi connectivity index (χ4v) is 6.40. The van der Waals surface area contributed by atoms with E-state index < -0.39 is 12.1 Å². The van der Waals surface area contributed by atoms with Gasteiger partial charge in [0.25, 0.3) is 0 Å². The summed E-state index contributed by atoms with van der Waals surface area (Å²) in [6.07, 6.45) is 2.84. The molecule has 2 aliphatic rings. The summed E-state index contributed by atoms with van der Waals surface area (Å²) >= 11 is 1.62. The molecule has 1 N–H and O–H groups in total. The predicted octanol–water partition coefficient (Wildman–Crippen LogP) is 7.25. The second-order valence-corrected chi connectivity index (χ2v) is 10.7. The third-order valence-corrected chi connectivity index (χ3v) is 8.15. The van der Waals surface area contributed by atoms with Crippen molar-refractivity contribution in [1.82, 2.24) is 4.98 Å². The van der Waals surface area contributed by atoms with Gasteiger partial charge in [-0.2, -0.15) is 0 Å². The van der Waals surface area contributed by atoms with E-state index in [9.17, 15) is 4.79 Å². The molecule has 0 spiro atoms. The number of benzene rings is 3. The molecular weight excluding hydrogens is 489 g/mol. The Morgan fingerprint density at radius 2 is 2.00 bits per heavy atom. The molecule has 0 radical (unpaired) electrons. The Morgan fingerprint density at radius 3 is 2.73 bits per heavy atom. The first-order valence-corrected chi connectivity index (χ1v) is 13.2. The van der Waals surface area contributed by atoms with Crippen LogP contribution in [0.3, 0.4) is 0 Å². The van der Waals surface area contributed by atoms with Crippen molar-refractivity contribution in [3.05, 3.63) is 87.7 Å². The number of carboxylic acid groups (broad SMARTS) is 1. The standard InChI is InChI=1S/C30H26FNO4S/c1-16-11-18(30-32-9-10-37-30)12-17(2)28(16)22-5-7-24(31)29-23(22)6-8-25(29)36-20-3-4-21-19(13-27(33)34)15-35-26(21)14-20/h3-5,7,9-12,14,19,25H,6,8,13,15H2,1-2H3,(H,33,34)/t19-,25-/m1/s1. The lowest BCUT2D eigenvalue weighted by Gasteiger charge is -2.19. The molecule has 6 rings (SSSR count). The molecule has 5 nitrogen and oxygen atoms in total. The highest BCUT2D eigenvalue weighted by Gasteiger charge is 2.32. The van der Waals surface area contributed by atoms with Crippen LogP contribution in [-0.4, -0.2) is 22.7 Å². The van der Waals surface area contributed by atoms with E-state index in [2.05, 4.69) is 31.0 Å². The van der Waals surface area contributed by atoms with E-state index in [1.54, 1.807) is 23.5 Å². The maximum Gasteiger partial charge on any atom is 0.304 e. The molecular formula is C30H26FNO4S. The van der Waals surface area contributed by atoms with Crippen molar-refractivity contribution in [2.24, 2.45) is 0 Å². The minimum atomic E-state index is -0.848. The maximum absolute atomic E-state index is 15.2. The number of hydrogen-bond donors (Lipinski definition) is 1.